The van der Waals surface area contributed by atoms with Crippen molar-refractivity contribution in [3.63, 3.8) is 0 Å². The molecule has 1 unspecified atom stereocenters. The fraction of sp³-hybridized carbons (Fsp3) is 0.350. The van der Waals surface area contributed by atoms with Crippen LogP contribution in [-0.4, -0.2) is 39.0 Å². The van der Waals surface area contributed by atoms with Gasteiger partial charge in [-0.2, -0.15) is 11.8 Å². The Kier molecular flexibility index (Phi) is 4.75. The van der Waals surface area contributed by atoms with Crippen LogP contribution < -0.4 is 11.1 Å². The molecule has 156 valence electrons. The number of carbonyl (C=O) groups excluding carboxylic acids is 1. The standard InChI is InChI=1S/C20H17ClF2N4OS2/c21-10-1-4-15(25-6-10)17(28)26-11-2-3-14(23)12(5-11)19(8-22)16-13-7-29-9-20(13,16)30-18(24)27-19/h1-6,13,16H,7-9H2,(H2,24,27)(H,26,28)/t13?,16-,19-,20-/m1/s1. The zero-order valence-electron chi connectivity index (χ0n) is 15.6. The van der Waals surface area contributed by atoms with Gasteiger partial charge in [-0.05, 0) is 42.0 Å². The SMILES string of the molecule is NC1=N[C@](CF)(c2cc(NC(=O)c3ccc(Cl)cn3)ccc2F)[C@H]2C3CSC[C@@]32S1. The summed E-state index contributed by atoms with van der Waals surface area (Å²) in [5.41, 5.74) is 5.32. The molecule has 3 heterocycles. The Balaban J connectivity index is 1.51. The molecule has 2 aliphatic heterocycles. The van der Waals surface area contributed by atoms with E-state index in [2.05, 4.69) is 15.3 Å². The van der Waals surface area contributed by atoms with E-state index in [1.165, 1.54) is 42.2 Å². The number of nitrogens with one attached hydrogen (secondary N) is 1. The van der Waals surface area contributed by atoms with E-state index in [-0.39, 0.29) is 33.0 Å². The Hall–Kier alpha value is -1.84. The Morgan fingerprint density at radius 3 is 2.93 bits per heavy atom. The first-order valence-corrected chi connectivity index (χ1v) is 11.7. The van der Waals surface area contributed by atoms with Crippen LogP contribution in [0.1, 0.15) is 16.1 Å². The van der Waals surface area contributed by atoms with E-state index in [9.17, 15) is 13.6 Å². The molecule has 1 aliphatic carbocycles. The summed E-state index contributed by atoms with van der Waals surface area (Å²) >= 11 is 9.11. The highest BCUT2D eigenvalue weighted by molar-refractivity contribution is 8.16. The molecule has 3 N–H and O–H groups in total. The van der Waals surface area contributed by atoms with E-state index in [0.29, 0.717) is 10.7 Å². The highest BCUT2D eigenvalue weighted by atomic mass is 35.5. The van der Waals surface area contributed by atoms with Gasteiger partial charge in [0, 0.05) is 33.9 Å². The fourth-order valence-corrected chi connectivity index (χ4v) is 8.38. The van der Waals surface area contributed by atoms with Crippen LogP contribution in [0.4, 0.5) is 14.5 Å². The number of amidine groups is 1. The minimum atomic E-state index is -1.37. The van der Waals surface area contributed by atoms with Gasteiger partial charge >= 0.3 is 0 Å². The smallest absolute Gasteiger partial charge is 0.274 e. The lowest BCUT2D eigenvalue weighted by Crippen LogP contribution is -2.41. The maximum absolute atomic E-state index is 15.0. The van der Waals surface area contributed by atoms with Gasteiger partial charge < -0.3 is 11.1 Å². The minimum absolute atomic E-state index is 0.119. The lowest BCUT2D eigenvalue weighted by molar-refractivity contribution is 0.102. The van der Waals surface area contributed by atoms with Crippen molar-refractivity contribution in [1.82, 2.24) is 4.98 Å². The van der Waals surface area contributed by atoms with Crippen molar-refractivity contribution >= 4 is 51.9 Å². The summed E-state index contributed by atoms with van der Waals surface area (Å²) in [6.07, 6.45) is 1.37. The summed E-state index contributed by atoms with van der Waals surface area (Å²) in [6, 6.07) is 7.16. The van der Waals surface area contributed by atoms with Crippen molar-refractivity contribution in [2.45, 2.75) is 10.3 Å². The Labute approximate surface area is 185 Å². The molecule has 1 aromatic carbocycles. The zero-order valence-corrected chi connectivity index (χ0v) is 18.0. The number of aliphatic imine (C=N–C) groups is 1. The molecule has 3 aliphatic rings. The molecule has 1 saturated carbocycles. The van der Waals surface area contributed by atoms with E-state index >= 15 is 0 Å². The summed E-state index contributed by atoms with van der Waals surface area (Å²) in [6.45, 7) is -0.852. The van der Waals surface area contributed by atoms with Gasteiger partial charge in [-0.15, -0.1) is 0 Å². The molecule has 1 aromatic heterocycles. The minimum Gasteiger partial charge on any atom is -0.378 e. The number of hydrogen-bond donors (Lipinski definition) is 2. The predicted octanol–water partition coefficient (Wildman–Crippen LogP) is 4.08. The van der Waals surface area contributed by atoms with E-state index in [1.54, 1.807) is 6.07 Å². The largest absolute Gasteiger partial charge is 0.378 e. The first-order chi connectivity index (χ1) is 14.4. The Morgan fingerprint density at radius 1 is 1.37 bits per heavy atom. The van der Waals surface area contributed by atoms with Crippen molar-refractivity contribution in [2.24, 2.45) is 22.6 Å². The molecule has 2 fully saturated rings. The number of pyridine rings is 1. The molecule has 5 rings (SSSR count). The molecule has 1 amide bonds. The molecule has 0 radical (unpaired) electrons. The Morgan fingerprint density at radius 2 is 2.20 bits per heavy atom. The van der Waals surface area contributed by atoms with Crippen molar-refractivity contribution < 1.29 is 13.6 Å². The maximum Gasteiger partial charge on any atom is 0.274 e. The number of halogens is 3. The molecule has 1 saturated heterocycles. The molecular formula is C20H17ClF2N4OS2. The van der Waals surface area contributed by atoms with Gasteiger partial charge in [0.25, 0.3) is 5.91 Å². The number of fused-ring (bicyclic) bond motifs is 1. The number of nitrogens with two attached hydrogens (primary N) is 1. The van der Waals surface area contributed by atoms with Gasteiger partial charge in [0.2, 0.25) is 0 Å². The number of alkyl halides is 1. The van der Waals surface area contributed by atoms with Gasteiger partial charge in [0.05, 0.1) is 5.02 Å². The molecule has 2 aromatic rings. The van der Waals surface area contributed by atoms with Gasteiger partial charge in [0.1, 0.15) is 23.7 Å². The van der Waals surface area contributed by atoms with E-state index in [0.717, 1.165) is 11.5 Å². The van der Waals surface area contributed by atoms with Gasteiger partial charge in [-0.1, -0.05) is 23.4 Å². The predicted molar refractivity (Wildman–Crippen MR) is 118 cm³/mol. The molecular weight excluding hydrogens is 450 g/mol. The number of nitrogens with zero attached hydrogens (tertiary/aromatic N) is 2. The fourth-order valence-electron chi connectivity index (χ4n) is 4.71. The number of benzene rings is 1. The van der Waals surface area contributed by atoms with Gasteiger partial charge in [-0.25, -0.2) is 18.8 Å². The highest BCUT2D eigenvalue weighted by Crippen LogP contribution is 2.74. The number of amides is 1. The summed E-state index contributed by atoms with van der Waals surface area (Å²) < 4.78 is 29.4. The topological polar surface area (TPSA) is 80.4 Å². The molecule has 4 atom stereocenters. The van der Waals surface area contributed by atoms with E-state index in [4.69, 9.17) is 17.3 Å². The number of hydrogen-bond acceptors (Lipinski definition) is 6. The van der Waals surface area contributed by atoms with Crippen molar-refractivity contribution in [3.8, 4) is 0 Å². The van der Waals surface area contributed by atoms with E-state index in [1.807, 2.05) is 11.8 Å². The zero-order chi connectivity index (χ0) is 21.1. The second kappa shape index (κ2) is 7.10. The molecule has 0 bridgehead atoms. The first kappa shape index (κ1) is 20.1. The van der Waals surface area contributed by atoms with Crippen LogP contribution >= 0.6 is 35.1 Å². The van der Waals surface area contributed by atoms with Crippen LogP contribution in [-0.2, 0) is 5.54 Å². The number of anilines is 1. The molecule has 1 spiro atoms. The molecule has 5 nitrogen and oxygen atoms in total. The van der Waals surface area contributed by atoms with Crippen LogP contribution in [0, 0.1) is 17.7 Å². The molecule has 30 heavy (non-hydrogen) atoms. The van der Waals surface area contributed by atoms with Crippen LogP contribution in [0.3, 0.4) is 0 Å². The summed E-state index contributed by atoms with van der Waals surface area (Å²) in [7, 11) is 0. The second-order valence-corrected chi connectivity index (χ2v) is 10.5. The van der Waals surface area contributed by atoms with Crippen LogP contribution in [0.2, 0.25) is 5.02 Å². The lowest BCUT2D eigenvalue weighted by Gasteiger charge is -2.35. The second-order valence-electron chi connectivity index (χ2n) is 7.67. The van der Waals surface area contributed by atoms with Crippen LogP contribution in [0.15, 0.2) is 41.5 Å². The van der Waals surface area contributed by atoms with Crippen molar-refractivity contribution in [2.75, 3.05) is 23.5 Å². The average Bonchev–Trinajstić information content (AvgIpc) is 3.18. The summed E-state index contributed by atoms with van der Waals surface area (Å²) in [5, 5.41) is 3.39. The average molecular weight is 467 g/mol. The third-order valence-corrected chi connectivity index (χ3v) is 9.11. The summed E-state index contributed by atoms with van der Waals surface area (Å²) in [4.78, 5) is 20.9. The molecule has 10 heteroatoms. The number of rotatable bonds is 4. The van der Waals surface area contributed by atoms with Gasteiger partial charge in [0.15, 0.2) is 5.17 Å². The van der Waals surface area contributed by atoms with Crippen LogP contribution in [0.5, 0.6) is 0 Å². The Bertz CT molecular complexity index is 1070. The normalized spacial score (nSPS) is 31.5. The number of thioether (sulfide) groups is 2. The van der Waals surface area contributed by atoms with Crippen molar-refractivity contribution in [3.05, 3.63) is 58.6 Å². The third-order valence-electron chi connectivity index (χ3n) is 6.05. The summed E-state index contributed by atoms with van der Waals surface area (Å²) in [5.74, 6) is 0.826. The number of carbonyl (C=O) groups is 1. The number of aromatic nitrogens is 1. The van der Waals surface area contributed by atoms with Gasteiger partial charge in [-0.3, -0.25) is 4.79 Å². The highest BCUT2D eigenvalue weighted by Gasteiger charge is 2.77. The first-order valence-electron chi connectivity index (χ1n) is 9.30. The quantitative estimate of drug-likeness (QED) is 0.709. The maximum atomic E-state index is 15.0. The lowest BCUT2D eigenvalue weighted by atomic mass is 9.84. The van der Waals surface area contributed by atoms with E-state index < -0.39 is 23.9 Å². The third kappa shape index (κ3) is 2.93. The van der Waals surface area contributed by atoms with Crippen molar-refractivity contribution in [1.29, 1.82) is 0 Å². The monoisotopic (exact) mass is 466 g/mol. The van der Waals surface area contributed by atoms with Crippen LogP contribution in [0.25, 0.3) is 0 Å².